The van der Waals surface area contributed by atoms with Gasteiger partial charge in [0.25, 0.3) is 0 Å². The summed E-state index contributed by atoms with van der Waals surface area (Å²) in [4.78, 5) is 20.7. The SMILES string of the molecule is CCn1c(SCC(=O)Nc2c(Br)cc(C)cc2Br)nnc1-c1cnccn1. The molecule has 7 nitrogen and oxygen atoms in total. The van der Waals surface area contributed by atoms with Crippen molar-refractivity contribution in [2.24, 2.45) is 0 Å². The van der Waals surface area contributed by atoms with Crippen LogP contribution in [0.15, 0.2) is 44.8 Å². The summed E-state index contributed by atoms with van der Waals surface area (Å²) in [5, 5.41) is 12.0. The average Bonchev–Trinajstić information content (AvgIpc) is 3.06. The van der Waals surface area contributed by atoms with Gasteiger partial charge in [-0.1, -0.05) is 11.8 Å². The van der Waals surface area contributed by atoms with E-state index in [0.29, 0.717) is 28.9 Å². The second-order valence-electron chi connectivity index (χ2n) is 5.58. The van der Waals surface area contributed by atoms with E-state index < -0.39 is 0 Å². The third-order valence-electron chi connectivity index (χ3n) is 3.61. The maximum Gasteiger partial charge on any atom is 0.234 e. The minimum atomic E-state index is -0.128. The summed E-state index contributed by atoms with van der Waals surface area (Å²) in [5.74, 6) is 0.722. The van der Waals surface area contributed by atoms with E-state index in [4.69, 9.17) is 0 Å². The molecule has 1 aromatic carbocycles. The maximum absolute atomic E-state index is 12.4. The van der Waals surface area contributed by atoms with Crippen LogP contribution in [-0.4, -0.2) is 36.4 Å². The van der Waals surface area contributed by atoms with E-state index in [2.05, 4.69) is 57.3 Å². The Balaban J connectivity index is 1.70. The van der Waals surface area contributed by atoms with Crippen LogP contribution in [0.2, 0.25) is 0 Å². The number of nitrogens with one attached hydrogen (secondary N) is 1. The van der Waals surface area contributed by atoms with E-state index >= 15 is 0 Å². The van der Waals surface area contributed by atoms with Crippen molar-refractivity contribution < 1.29 is 4.79 Å². The molecule has 0 spiro atoms. The van der Waals surface area contributed by atoms with Crippen molar-refractivity contribution in [2.75, 3.05) is 11.1 Å². The van der Waals surface area contributed by atoms with Gasteiger partial charge in [-0.2, -0.15) is 0 Å². The highest BCUT2D eigenvalue weighted by Gasteiger charge is 2.16. The van der Waals surface area contributed by atoms with Crippen molar-refractivity contribution in [3.63, 3.8) is 0 Å². The Morgan fingerprint density at radius 3 is 2.59 bits per heavy atom. The Morgan fingerprint density at radius 1 is 1.22 bits per heavy atom. The first-order valence-corrected chi connectivity index (χ1v) is 10.6. The van der Waals surface area contributed by atoms with Gasteiger partial charge in [0.05, 0.1) is 17.6 Å². The largest absolute Gasteiger partial charge is 0.323 e. The third-order valence-corrected chi connectivity index (χ3v) is 5.83. The lowest BCUT2D eigenvalue weighted by atomic mass is 10.2. The minimum absolute atomic E-state index is 0.128. The van der Waals surface area contributed by atoms with Crippen LogP contribution in [0.5, 0.6) is 0 Å². The Bertz CT molecular complexity index is 940. The molecule has 1 N–H and O–H groups in total. The van der Waals surface area contributed by atoms with Crippen LogP contribution in [0.4, 0.5) is 5.69 Å². The molecule has 10 heteroatoms. The van der Waals surface area contributed by atoms with Crippen LogP contribution >= 0.6 is 43.6 Å². The third kappa shape index (κ3) is 4.74. The second-order valence-corrected chi connectivity index (χ2v) is 8.23. The zero-order valence-electron chi connectivity index (χ0n) is 14.6. The second kappa shape index (κ2) is 8.94. The molecular formula is C17H16Br2N6OS. The van der Waals surface area contributed by atoms with Crippen LogP contribution in [0, 0.1) is 6.92 Å². The highest BCUT2D eigenvalue weighted by Crippen LogP contribution is 2.32. The number of benzene rings is 1. The molecule has 0 bridgehead atoms. The van der Waals surface area contributed by atoms with E-state index in [1.165, 1.54) is 11.8 Å². The molecule has 2 heterocycles. The zero-order chi connectivity index (χ0) is 19.4. The molecule has 0 radical (unpaired) electrons. The number of hydrogen-bond acceptors (Lipinski definition) is 6. The molecule has 0 saturated carbocycles. The Labute approximate surface area is 177 Å². The smallest absolute Gasteiger partial charge is 0.234 e. The number of amides is 1. The van der Waals surface area contributed by atoms with Crippen LogP contribution in [0.25, 0.3) is 11.5 Å². The number of halogens is 2. The lowest BCUT2D eigenvalue weighted by Gasteiger charge is -2.11. The first-order chi connectivity index (χ1) is 13.0. The first-order valence-electron chi connectivity index (χ1n) is 8.07. The average molecular weight is 512 g/mol. The molecule has 0 atom stereocenters. The fraction of sp³-hybridized carbons (Fsp3) is 0.235. The summed E-state index contributed by atoms with van der Waals surface area (Å²) in [5.41, 5.74) is 2.45. The molecule has 1 amide bonds. The molecule has 0 unspecified atom stereocenters. The number of carbonyl (C=O) groups is 1. The molecule has 2 aromatic heterocycles. The van der Waals surface area contributed by atoms with Crippen LogP contribution in [0.3, 0.4) is 0 Å². The normalized spacial score (nSPS) is 10.8. The van der Waals surface area contributed by atoms with E-state index in [9.17, 15) is 4.79 Å². The summed E-state index contributed by atoms with van der Waals surface area (Å²) in [6.07, 6.45) is 4.86. The number of aryl methyl sites for hydroxylation is 1. The van der Waals surface area contributed by atoms with Gasteiger partial charge in [0.15, 0.2) is 11.0 Å². The van der Waals surface area contributed by atoms with Gasteiger partial charge in [-0.15, -0.1) is 10.2 Å². The number of carbonyl (C=O) groups excluding carboxylic acids is 1. The molecule has 0 saturated heterocycles. The molecule has 140 valence electrons. The molecule has 0 aliphatic heterocycles. The lowest BCUT2D eigenvalue weighted by Crippen LogP contribution is -2.15. The molecule has 3 aromatic rings. The first kappa shape index (κ1) is 20.0. The molecule has 0 aliphatic rings. The van der Waals surface area contributed by atoms with Crippen molar-refractivity contribution >= 4 is 55.2 Å². The van der Waals surface area contributed by atoms with Gasteiger partial charge >= 0.3 is 0 Å². The summed E-state index contributed by atoms with van der Waals surface area (Å²) in [7, 11) is 0. The number of rotatable bonds is 6. The summed E-state index contributed by atoms with van der Waals surface area (Å²) in [6, 6.07) is 3.91. The topological polar surface area (TPSA) is 85.6 Å². The van der Waals surface area contributed by atoms with Gasteiger partial charge in [-0.05, 0) is 63.4 Å². The predicted octanol–water partition coefficient (Wildman–Crippen LogP) is 4.32. The highest BCUT2D eigenvalue weighted by molar-refractivity contribution is 9.11. The van der Waals surface area contributed by atoms with Crippen LogP contribution < -0.4 is 5.32 Å². The molecular weight excluding hydrogens is 496 g/mol. The Kier molecular flexibility index (Phi) is 6.61. The standard InChI is InChI=1S/C17H16Br2N6OS/c1-3-25-16(13-8-20-4-5-21-13)23-24-17(25)27-9-14(26)22-15-11(18)6-10(2)7-12(15)19/h4-8H,3,9H2,1-2H3,(H,22,26). The van der Waals surface area contributed by atoms with Gasteiger partial charge in [0.2, 0.25) is 5.91 Å². The Hall–Kier alpha value is -1.78. The van der Waals surface area contributed by atoms with Crippen LogP contribution in [0.1, 0.15) is 12.5 Å². The predicted molar refractivity (Wildman–Crippen MR) is 113 cm³/mol. The van der Waals surface area contributed by atoms with Crippen molar-refractivity contribution in [1.29, 1.82) is 0 Å². The fourth-order valence-electron chi connectivity index (χ4n) is 2.41. The number of aromatic nitrogens is 5. The molecule has 0 aliphatic carbocycles. The minimum Gasteiger partial charge on any atom is -0.323 e. The van der Waals surface area contributed by atoms with E-state index in [-0.39, 0.29) is 11.7 Å². The molecule has 3 rings (SSSR count). The highest BCUT2D eigenvalue weighted by atomic mass is 79.9. The zero-order valence-corrected chi connectivity index (χ0v) is 18.6. The number of hydrogen-bond donors (Lipinski definition) is 1. The number of anilines is 1. The van der Waals surface area contributed by atoms with Gasteiger partial charge < -0.3 is 9.88 Å². The van der Waals surface area contributed by atoms with E-state index in [1.54, 1.807) is 18.6 Å². The summed E-state index contributed by atoms with van der Waals surface area (Å²) < 4.78 is 3.57. The van der Waals surface area contributed by atoms with Crippen molar-refractivity contribution in [3.05, 3.63) is 45.2 Å². The molecule has 27 heavy (non-hydrogen) atoms. The molecule has 0 fully saturated rings. The van der Waals surface area contributed by atoms with Crippen molar-refractivity contribution in [3.8, 4) is 11.5 Å². The van der Waals surface area contributed by atoms with Crippen molar-refractivity contribution in [2.45, 2.75) is 25.5 Å². The fourth-order valence-corrected chi connectivity index (χ4v) is 4.83. The number of nitrogens with zero attached hydrogens (tertiary/aromatic N) is 5. The summed E-state index contributed by atoms with van der Waals surface area (Å²) in [6.45, 7) is 4.65. The van der Waals surface area contributed by atoms with Gasteiger partial charge in [0, 0.05) is 27.9 Å². The van der Waals surface area contributed by atoms with E-state index in [0.717, 1.165) is 14.5 Å². The summed E-state index contributed by atoms with van der Waals surface area (Å²) >= 11 is 8.30. The number of thioether (sulfide) groups is 1. The lowest BCUT2D eigenvalue weighted by molar-refractivity contribution is -0.113. The quantitative estimate of drug-likeness (QED) is 0.496. The van der Waals surface area contributed by atoms with Crippen molar-refractivity contribution in [1.82, 2.24) is 24.7 Å². The van der Waals surface area contributed by atoms with Gasteiger partial charge in [-0.3, -0.25) is 9.78 Å². The van der Waals surface area contributed by atoms with Gasteiger partial charge in [0.1, 0.15) is 5.69 Å². The maximum atomic E-state index is 12.4. The monoisotopic (exact) mass is 510 g/mol. The van der Waals surface area contributed by atoms with E-state index in [1.807, 2.05) is 30.5 Å². The van der Waals surface area contributed by atoms with Crippen LogP contribution in [-0.2, 0) is 11.3 Å². The Morgan fingerprint density at radius 2 is 1.96 bits per heavy atom. The van der Waals surface area contributed by atoms with Gasteiger partial charge in [-0.25, -0.2) is 4.98 Å².